The Hall–Kier alpha value is -1.04. The van der Waals surface area contributed by atoms with Crippen LogP contribution >= 0.6 is 34.8 Å². The predicted molar refractivity (Wildman–Crippen MR) is 60.7 cm³/mol. The first-order valence-corrected chi connectivity index (χ1v) is 4.95. The maximum absolute atomic E-state index is 5.82. The van der Waals surface area contributed by atoms with E-state index in [-0.39, 0.29) is 16.3 Å². The Labute approximate surface area is 99.5 Å². The lowest BCUT2D eigenvalue weighted by Crippen LogP contribution is -1.98. The minimum Gasteiger partial charge on any atom is -0.368 e. The molecule has 0 aliphatic heterocycles. The van der Waals surface area contributed by atoms with Gasteiger partial charge in [0.25, 0.3) is 0 Å². The summed E-state index contributed by atoms with van der Waals surface area (Å²) in [5, 5.41) is 0.420. The van der Waals surface area contributed by atoms with Crippen molar-refractivity contribution in [3.8, 4) is 0 Å². The quantitative estimate of drug-likeness (QED) is 0.802. The lowest BCUT2D eigenvalue weighted by molar-refractivity contribution is 1.12. The molecule has 0 unspecified atom stereocenters. The second-order valence-electron chi connectivity index (χ2n) is 2.59. The number of hydrogen-bond acceptors (Lipinski definition) is 4. The smallest absolute Gasteiger partial charge is 0.223 e. The third-order valence-electron chi connectivity index (χ3n) is 1.69. The third kappa shape index (κ3) is 1.73. The molecule has 0 saturated heterocycles. The van der Waals surface area contributed by atoms with E-state index in [4.69, 9.17) is 40.5 Å². The number of fused-ring (bicyclic) bond motifs is 1. The molecule has 2 aromatic heterocycles. The van der Waals surface area contributed by atoms with Crippen molar-refractivity contribution in [2.24, 2.45) is 0 Å². The molecule has 8 heteroatoms. The topological polar surface area (TPSA) is 69.6 Å². The van der Waals surface area contributed by atoms with Crippen LogP contribution in [0.5, 0.6) is 0 Å². The molecule has 78 valence electrons. The van der Waals surface area contributed by atoms with Crippen molar-refractivity contribution < 1.29 is 0 Å². The number of imidazole rings is 1. The molecule has 2 aromatic rings. The summed E-state index contributed by atoms with van der Waals surface area (Å²) in [4.78, 5) is 11.7. The number of anilines is 1. The van der Waals surface area contributed by atoms with Gasteiger partial charge in [-0.1, -0.05) is 34.8 Å². The van der Waals surface area contributed by atoms with Crippen LogP contribution in [-0.2, 0) is 0 Å². The zero-order valence-corrected chi connectivity index (χ0v) is 9.42. The van der Waals surface area contributed by atoms with Gasteiger partial charge in [0.1, 0.15) is 17.0 Å². The van der Waals surface area contributed by atoms with E-state index in [9.17, 15) is 0 Å². The Morgan fingerprint density at radius 1 is 1.47 bits per heavy atom. The van der Waals surface area contributed by atoms with Crippen molar-refractivity contribution in [2.45, 2.75) is 0 Å². The summed E-state index contributed by atoms with van der Waals surface area (Å²) >= 11 is 17.1. The molecule has 0 aliphatic rings. The van der Waals surface area contributed by atoms with Gasteiger partial charge in [0, 0.05) is 5.54 Å². The first-order valence-electron chi connectivity index (χ1n) is 3.76. The Morgan fingerprint density at radius 2 is 2.20 bits per heavy atom. The van der Waals surface area contributed by atoms with Crippen LogP contribution in [0.2, 0.25) is 5.15 Å². The summed E-state index contributed by atoms with van der Waals surface area (Å²) in [6.45, 7) is 0. The molecule has 2 rings (SSSR count). The van der Waals surface area contributed by atoms with Crippen molar-refractivity contribution in [1.82, 2.24) is 19.5 Å². The molecule has 0 saturated carbocycles. The van der Waals surface area contributed by atoms with E-state index in [0.717, 1.165) is 0 Å². The van der Waals surface area contributed by atoms with E-state index in [1.807, 2.05) is 0 Å². The second-order valence-corrected chi connectivity index (χ2v) is 3.55. The molecule has 0 fully saturated rings. The SMILES string of the molecule is Nc1nc(Cl)c2ncn(/C(Cl)=C\Cl)c2n1. The van der Waals surface area contributed by atoms with Crippen molar-refractivity contribution >= 4 is 57.1 Å². The second kappa shape index (κ2) is 3.84. The molecule has 0 aromatic carbocycles. The standard InChI is InChI=1S/C7H4Cl3N5/c8-1-3(9)15-2-12-4-5(10)13-7(11)14-6(4)15/h1-2H,(H2,11,13,14)/b3-1-. The van der Waals surface area contributed by atoms with Crippen LogP contribution < -0.4 is 5.73 Å². The van der Waals surface area contributed by atoms with Gasteiger partial charge in [-0.2, -0.15) is 9.97 Å². The highest BCUT2D eigenvalue weighted by Crippen LogP contribution is 2.23. The van der Waals surface area contributed by atoms with Crippen LogP contribution in [0.3, 0.4) is 0 Å². The molecule has 0 bridgehead atoms. The monoisotopic (exact) mass is 263 g/mol. The highest BCUT2D eigenvalue weighted by molar-refractivity contribution is 6.50. The predicted octanol–water partition coefficient (Wildman–Crippen LogP) is 2.30. The number of halogens is 3. The van der Waals surface area contributed by atoms with E-state index in [0.29, 0.717) is 11.2 Å². The first-order chi connectivity index (χ1) is 7.13. The molecule has 0 atom stereocenters. The number of nitrogens with zero attached hydrogens (tertiary/aromatic N) is 4. The minimum absolute atomic E-state index is 0.0493. The number of nitrogens with two attached hydrogens (primary N) is 1. The number of hydrogen-bond donors (Lipinski definition) is 1. The lowest BCUT2D eigenvalue weighted by atomic mass is 10.5. The molecule has 2 heterocycles. The molecule has 2 N–H and O–H groups in total. The van der Waals surface area contributed by atoms with Gasteiger partial charge in [0.15, 0.2) is 10.8 Å². The van der Waals surface area contributed by atoms with Crippen LogP contribution in [0.15, 0.2) is 11.9 Å². The van der Waals surface area contributed by atoms with Crippen molar-refractivity contribution in [3.05, 3.63) is 17.0 Å². The summed E-state index contributed by atoms with van der Waals surface area (Å²) in [6.07, 6.45) is 1.44. The normalized spacial score (nSPS) is 12.3. The molecule has 15 heavy (non-hydrogen) atoms. The molecule has 0 radical (unpaired) electrons. The summed E-state index contributed by atoms with van der Waals surface area (Å²) in [5.41, 5.74) is 7.47. The van der Waals surface area contributed by atoms with E-state index in [2.05, 4.69) is 15.0 Å². The Kier molecular flexibility index (Phi) is 2.68. The van der Waals surface area contributed by atoms with E-state index < -0.39 is 0 Å². The summed E-state index contributed by atoms with van der Waals surface area (Å²) < 4.78 is 1.45. The molecule has 0 amide bonds. The molecular weight excluding hydrogens is 260 g/mol. The largest absolute Gasteiger partial charge is 0.368 e. The van der Waals surface area contributed by atoms with Crippen LogP contribution in [-0.4, -0.2) is 19.5 Å². The van der Waals surface area contributed by atoms with E-state index in [1.165, 1.54) is 16.4 Å². The van der Waals surface area contributed by atoms with Gasteiger partial charge >= 0.3 is 0 Å². The first kappa shape index (κ1) is 10.5. The van der Waals surface area contributed by atoms with Gasteiger partial charge in [-0.05, 0) is 0 Å². The van der Waals surface area contributed by atoms with Gasteiger partial charge < -0.3 is 5.73 Å². The molecule has 0 spiro atoms. The Balaban J connectivity index is 2.80. The maximum Gasteiger partial charge on any atom is 0.223 e. The zero-order chi connectivity index (χ0) is 11.0. The summed E-state index contributed by atoms with van der Waals surface area (Å²) in [6, 6.07) is 0. The average Bonchev–Trinajstić information content (AvgIpc) is 2.60. The number of aromatic nitrogens is 4. The number of nitrogen functional groups attached to an aromatic ring is 1. The van der Waals surface area contributed by atoms with Gasteiger partial charge in [-0.15, -0.1) is 0 Å². The highest BCUT2D eigenvalue weighted by Gasteiger charge is 2.11. The fourth-order valence-electron chi connectivity index (χ4n) is 1.09. The molecular formula is C7H4Cl3N5. The van der Waals surface area contributed by atoms with Gasteiger partial charge in [0.2, 0.25) is 5.95 Å². The fourth-order valence-corrected chi connectivity index (χ4v) is 1.54. The van der Waals surface area contributed by atoms with Crippen molar-refractivity contribution in [1.29, 1.82) is 0 Å². The van der Waals surface area contributed by atoms with Crippen LogP contribution in [0, 0.1) is 0 Å². The van der Waals surface area contributed by atoms with Gasteiger partial charge in [-0.3, -0.25) is 4.57 Å². The van der Waals surface area contributed by atoms with E-state index >= 15 is 0 Å². The lowest BCUT2D eigenvalue weighted by Gasteiger charge is -2.00. The van der Waals surface area contributed by atoms with Gasteiger partial charge in [-0.25, -0.2) is 4.98 Å². The minimum atomic E-state index is 0.0493. The Bertz CT molecular complexity index is 547. The fraction of sp³-hybridized carbons (Fsp3) is 0. The van der Waals surface area contributed by atoms with Crippen LogP contribution in [0.4, 0.5) is 5.95 Å². The number of rotatable bonds is 1. The van der Waals surface area contributed by atoms with Crippen LogP contribution in [0.25, 0.3) is 16.3 Å². The Morgan fingerprint density at radius 3 is 2.87 bits per heavy atom. The molecule has 5 nitrogen and oxygen atoms in total. The maximum atomic E-state index is 5.82. The van der Waals surface area contributed by atoms with Crippen LogP contribution in [0.1, 0.15) is 0 Å². The van der Waals surface area contributed by atoms with Gasteiger partial charge in [0.05, 0.1) is 0 Å². The molecule has 0 aliphatic carbocycles. The summed E-state index contributed by atoms with van der Waals surface area (Å²) in [5.74, 6) is 0.0493. The average molecular weight is 265 g/mol. The third-order valence-corrected chi connectivity index (χ3v) is 2.56. The zero-order valence-electron chi connectivity index (χ0n) is 7.15. The van der Waals surface area contributed by atoms with Crippen molar-refractivity contribution in [2.75, 3.05) is 5.73 Å². The van der Waals surface area contributed by atoms with Crippen molar-refractivity contribution in [3.63, 3.8) is 0 Å². The highest BCUT2D eigenvalue weighted by atomic mass is 35.5. The summed E-state index contributed by atoms with van der Waals surface area (Å²) in [7, 11) is 0. The van der Waals surface area contributed by atoms with E-state index in [1.54, 1.807) is 0 Å².